The van der Waals surface area contributed by atoms with Crippen LogP contribution in [-0.2, 0) is 12.8 Å². The van der Waals surface area contributed by atoms with Crippen molar-refractivity contribution in [2.45, 2.75) is 39.5 Å². The molecule has 4 rings (SSSR count). The normalized spacial score (nSPS) is 10.7. The maximum Gasteiger partial charge on any atom is 0.0416 e. The third-order valence-corrected chi connectivity index (χ3v) is 5.73. The number of rotatable bonds is 9. The highest BCUT2D eigenvalue weighted by atomic mass is 14.9. The van der Waals surface area contributed by atoms with Crippen LogP contribution in [0.2, 0.25) is 0 Å². The lowest BCUT2D eigenvalue weighted by atomic mass is 10.0. The molecule has 2 heteroatoms. The zero-order valence-electron chi connectivity index (χ0n) is 19.1. The number of para-hydroxylation sites is 2. The van der Waals surface area contributed by atoms with Gasteiger partial charge in [0.15, 0.2) is 0 Å². The van der Waals surface area contributed by atoms with E-state index >= 15 is 0 Å². The second kappa shape index (κ2) is 10.7. The van der Waals surface area contributed by atoms with Crippen molar-refractivity contribution in [3.05, 3.63) is 108 Å². The van der Waals surface area contributed by atoms with Crippen LogP contribution in [0.4, 0.5) is 22.7 Å². The molecule has 0 aliphatic carbocycles. The van der Waals surface area contributed by atoms with Gasteiger partial charge in [-0.25, -0.2) is 0 Å². The highest BCUT2D eigenvalue weighted by molar-refractivity contribution is 5.72. The van der Waals surface area contributed by atoms with Crippen LogP contribution in [0.25, 0.3) is 11.1 Å². The monoisotopic (exact) mass is 420 g/mol. The molecule has 0 radical (unpaired) electrons. The van der Waals surface area contributed by atoms with Crippen LogP contribution in [0.1, 0.15) is 37.8 Å². The molecule has 0 amide bonds. The van der Waals surface area contributed by atoms with Crippen molar-refractivity contribution in [2.75, 3.05) is 10.6 Å². The predicted molar refractivity (Wildman–Crippen MR) is 139 cm³/mol. The molecule has 0 saturated carbocycles. The second-order valence-corrected chi connectivity index (χ2v) is 8.22. The number of anilines is 4. The minimum absolute atomic E-state index is 1.09. The minimum Gasteiger partial charge on any atom is -0.355 e. The van der Waals surface area contributed by atoms with Gasteiger partial charge in [0.05, 0.1) is 0 Å². The summed E-state index contributed by atoms with van der Waals surface area (Å²) in [5.74, 6) is 0. The van der Waals surface area contributed by atoms with Crippen LogP contribution in [0.5, 0.6) is 0 Å². The largest absolute Gasteiger partial charge is 0.355 e. The van der Waals surface area contributed by atoms with Crippen LogP contribution >= 0.6 is 0 Å². The van der Waals surface area contributed by atoms with Gasteiger partial charge >= 0.3 is 0 Å². The zero-order chi connectivity index (χ0) is 22.2. The van der Waals surface area contributed by atoms with E-state index in [0.717, 1.165) is 37.1 Å². The summed E-state index contributed by atoms with van der Waals surface area (Å²) in [6.07, 6.45) is 4.47. The summed E-state index contributed by atoms with van der Waals surface area (Å²) < 4.78 is 0. The third-order valence-electron chi connectivity index (χ3n) is 5.73. The van der Waals surface area contributed by atoms with E-state index in [-0.39, 0.29) is 0 Å². The van der Waals surface area contributed by atoms with E-state index < -0.39 is 0 Å². The SMILES string of the molecule is CCCc1ccccc1Nc1ccc(-c2ccc(Nc3ccccc3CCC)cc2)cc1. The molecule has 0 aliphatic heterocycles. The molecular weight excluding hydrogens is 388 g/mol. The van der Waals surface area contributed by atoms with Gasteiger partial charge in [-0.2, -0.15) is 0 Å². The van der Waals surface area contributed by atoms with Gasteiger partial charge in [-0.3, -0.25) is 0 Å². The van der Waals surface area contributed by atoms with Crippen LogP contribution < -0.4 is 10.6 Å². The third kappa shape index (κ3) is 5.39. The fraction of sp³-hybridized carbons (Fsp3) is 0.200. The molecule has 0 heterocycles. The van der Waals surface area contributed by atoms with Gasteiger partial charge in [-0.1, -0.05) is 87.4 Å². The lowest BCUT2D eigenvalue weighted by molar-refractivity contribution is 0.923. The average molecular weight is 421 g/mol. The van der Waals surface area contributed by atoms with E-state index in [9.17, 15) is 0 Å². The standard InChI is InChI=1S/C30H32N2/c1-3-9-25-11-5-7-13-29(25)31-27-19-15-23(16-20-27)24-17-21-28(22-18-24)32-30-14-8-6-12-26(30)10-4-2/h5-8,11-22,31-32H,3-4,9-10H2,1-2H3. The van der Waals surface area contributed by atoms with Crippen molar-refractivity contribution in [1.29, 1.82) is 0 Å². The van der Waals surface area contributed by atoms with Gasteiger partial charge in [-0.05, 0) is 71.5 Å². The Morgan fingerprint density at radius 1 is 0.469 bits per heavy atom. The van der Waals surface area contributed by atoms with E-state index in [0.29, 0.717) is 0 Å². The molecule has 0 bridgehead atoms. The molecule has 32 heavy (non-hydrogen) atoms. The Morgan fingerprint density at radius 3 is 1.22 bits per heavy atom. The molecule has 4 aromatic carbocycles. The molecule has 2 N–H and O–H groups in total. The summed E-state index contributed by atoms with van der Waals surface area (Å²) in [4.78, 5) is 0. The lowest BCUT2D eigenvalue weighted by Gasteiger charge is -2.13. The van der Waals surface area contributed by atoms with Gasteiger partial charge in [0, 0.05) is 22.7 Å². The van der Waals surface area contributed by atoms with Crippen molar-refractivity contribution in [3.8, 4) is 11.1 Å². The smallest absolute Gasteiger partial charge is 0.0416 e. The van der Waals surface area contributed by atoms with Gasteiger partial charge in [0.25, 0.3) is 0 Å². The Kier molecular flexibility index (Phi) is 7.24. The maximum absolute atomic E-state index is 3.58. The summed E-state index contributed by atoms with van der Waals surface area (Å²) in [6, 6.07) is 34.5. The van der Waals surface area contributed by atoms with Crippen LogP contribution in [-0.4, -0.2) is 0 Å². The Morgan fingerprint density at radius 2 is 0.844 bits per heavy atom. The number of hydrogen-bond donors (Lipinski definition) is 2. The number of aryl methyl sites for hydroxylation is 2. The first-order valence-electron chi connectivity index (χ1n) is 11.7. The van der Waals surface area contributed by atoms with E-state index in [1.54, 1.807) is 0 Å². The molecule has 0 spiro atoms. The zero-order valence-corrected chi connectivity index (χ0v) is 19.1. The van der Waals surface area contributed by atoms with E-state index in [1.165, 1.54) is 33.6 Å². The fourth-order valence-corrected chi connectivity index (χ4v) is 4.06. The highest BCUT2D eigenvalue weighted by Crippen LogP contribution is 2.28. The molecular formula is C30H32N2. The highest BCUT2D eigenvalue weighted by Gasteiger charge is 2.04. The Bertz CT molecular complexity index is 1040. The second-order valence-electron chi connectivity index (χ2n) is 8.22. The summed E-state index contributed by atoms with van der Waals surface area (Å²) in [6.45, 7) is 4.44. The molecule has 162 valence electrons. The lowest BCUT2D eigenvalue weighted by Crippen LogP contribution is -1.96. The van der Waals surface area contributed by atoms with Gasteiger partial charge < -0.3 is 10.6 Å². The first kappa shape index (κ1) is 21.7. The Labute approximate surface area is 192 Å². The summed E-state index contributed by atoms with van der Waals surface area (Å²) in [7, 11) is 0. The van der Waals surface area contributed by atoms with Crippen molar-refractivity contribution < 1.29 is 0 Å². The molecule has 2 nitrogen and oxygen atoms in total. The first-order valence-corrected chi connectivity index (χ1v) is 11.7. The van der Waals surface area contributed by atoms with Crippen LogP contribution in [0, 0.1) is 0 Å². The molecule has 0 fully saturated rings. The van der Waals surface area contributed by atoms with Gasteiger partial charge in [-0.15, -0.1) is 0 Å². The predicted octanol–water partition coefficient (Wildman–Crippen LogP) is 8.75. The van der Waals surface area contributed by atoms with Crippen LogP contribution in [0.15, 0.2) is 97.1 Å². The molecule has 0 unspecified atom stereocenters. The summed E-state index contributed by atoms with van der Waals surface area (Å²) in [5, 5.41) is 7.16. The van der Waals surface area contributed by atoms with E-state index in [4.69, 9.17) is 0 Å². The van der Waals surface area contributed by atoms with Crippen molar-refractivity contribution in [1.82, 2.24) is 0 Å². The molecule has 0 saturated heterocycles. The topological polar surface area (TPSA) is 24.1 Å². The number of benzene rings is 4. The quantitative estimate of drug-likeness (QED) is 0.283. The van der Waals surface area contributed by atoms with Gasteiger partial charge in [0.1, 0.15) is 0 Å². The average Bonchev–Trinajstić information content (AvgIpc) is 2.83. The van der Waals surface area contributed by atoms with Crippen molar-refractivity contribution >= 4 is 22.7 Å². The molecule has 0 aromatic heterocycles. The minimum atomic E-state index is 1.09. The van der Waals surface area contributed by atoms with Gasteiger partial charge in [0.2, 0.25) is 0 Å². The molecule has 0 aliphatic rings. The summed E-state index contributed by atoms with van der Waals surface area (Å²) in [5.41, 5.74) is 9.78. The van der Waals surface area contributed by atoms with Crippen LogP contribution in [0.3, 0.4) is 0 Å². The molecule has 4 aromatic rings. The first-order chi connectivity index (χ1) is 15.8. The summed E-state index contributed by atoms with van der Waals surface area (Å²) >= 11 is 0. The molecule has 0 atom stereocenters. The van der Waals surface area contributed by atoms with Crippen molar-refractivity contribution in [3.63, 3.8) is 0 Å². The maximum atomic E-state index is 3.58. The Balaban J connectivity index is 1.45. The number of hydrogen-bond acceptors (Lipinski definition) is 2. The van der Waals surface area contributed by atoms with E-state index in [2.05, 4.69) is 122 Å². The Hall–Kier alpha value is -3.52. The van der Waals surface area contributed by atoms with Crippen molar-refractivity contribution in [2.24, 2.45) is 0 Å². The van der Waals surface area contributed by atoms with E-state index in [1.807, 2.05) is 0 Å². The fourth-order valence-electron chi connectivity index (χ4n) is 4.06. The number of nitrogens with one attached hydrogen (secondary N) is 2.